The van der Waals surface area contributed by atoms with Gasteiger partial charge in [0, 0.05) is 13.0 Å². The fraction of sp³-hybridized carbons (Fsp3) is 0.412. The molecular weight excluding hydrogens is 500 g/mol. The molecule has 0 bridgehead atoms. The van der Waals surface area contributed by atoms with Crippen LogP contribution in [0, 0.1) is 5.92 Å². The summed E-state index contributed by atoms with van der Waals surface area (Å²) < 4.78 is 6.30. The van der Waals surface area contributed by atoms with Gasteiger partial charge in [-0.05, 0) is 91.2 Å². The van der Waals surface area contributed by atoms with Crippen LogP contribution in [-0.2, 0) is 11.2 Å². The van der Waals surface area contributed by atoms with Gasteiger partial charge < -0.3 is 15.2 Å². The second-order valence-electron chi connectivity index (χ2n) is 11.2. The lowest BCUT2D eigenvalue weighted by Crippen LogP contribution is -2.48. The van der Waals surface area contributed by atoms with Crippen molar-refractivity contribution in [1.82, 2.24) is 5.32 Å². The van der Waals surface area contributed by atoms with Crippen LogP contribution in [-0.4, -0.2) is 36.3 Å². The van der Waals surface area contributed by atoms with Gasteiger partial charge in [0.25, 0.3) is 0 Å². The second-order valence-corrected chi connectivity index (χ2v) is 11.2. The number of nitrogens with zero attached hydrogens (tertiary/aromatic N) is 1. The van der Waals surface area contributed by atoms with Crippen molar-refractivity contribution in [2.75, 3.05) is 18.0 Å². The number of rotatable bonds is 9. The highest BCUT2D eigenvalue weighted by Crippen LogP contribution is 2.40. The fourth-order valence-corrected chi connectivity index (χ4v) is 6.06. The number of urea groups is 1. The maximum Gasteiger partial charge on any atom is 0.322 e. The minimum atomic E-state index is -0.685. The third kappa shape index (κ3) is 6.85. The quantitative estimate of drug-likeness (QED) is 0.277. The minimum Gasteiger partial charge on any atom is -0.486 e. The molecule has 210 valence electrons. The third-order valence-corrected chi connectivity index (χ3v) is 8.42. The summed E-state index contributed by atoms with van der Waals surface area (Å²) in [6.07, 6.45) is 6.96. The van der Waals surface area contributed by atoms with E-state index in [1.165, 1.54) is 11.1 Å². The standard InChI is InChI=1S/C34H40N2O4/c1-2-30-23-36(34(39)35-20-6-9-24-7-4-3-5-8-24)31-19-18-29(22-32(31)40-30)28-16-14-27(15-17-28)26-12-10-25(11-13-26)21-33(37)38/h3-5,7-8,14-19,22,25-26,30H,2,6,9-13,20-21,23H2,1H3,(H,35,39)(H,37,38)/t25-,26-,30?. The van der Waals surface area contributed by atoms with Gasteiger partial charge in [0.1, 0.15) is 11.9 Å². The maximum absolute atomic E-state index is 13.2. The molecule has 5 rings (SSSR count). The van der Waals surface area contributed by atoms with Crippen LogP contribution in [0.3, 0.4) is 0 Å². The van der Waals surface area contributed by atoms with Crippen LogP contribution in [0.1, 0.15) is 68.9 Å². The zero-order valence-corrected chi connectivity index (χ0v) is 23.4. The van der Waals surface area contributed by atoms with Crippen LogP contribution in [0.2, 0.25) is 0 Å². The van der Waals surface area contributed by atoms with Gasteiger partial charge in [0.15, 0.2) is 0 Å². The van der Waals surface area contributed by atoms with E-state index in [2.05, 4.69) is 60.8 Å². The molecule has 1 aliphatic heterocycles. The summed E-state index contributed by atoms with van der Waals surface area (Å²) in [5.74, 6) is 0.868. The largest absolute Gasteiger partial charge is 0.486 e. The molecule has 1 heterocycles. The highest BCUT2D eigenvalue weighted by Gasteiger charge is 2.29. The number of anilines is 1. The van der Waals surface area contributed by atoms with E-state index in [1.807, 2.05) is 29.2 Å². The van der Waals surface area contributed by atoms with Crippen LogP contribution < -0.4 is 15.0 Å². The molecule has 0 radical (unpaired) electrons. The summed E-state index contributed by atoms with van der Waals surface area (Å²) in [5.41, 5.74) is 5.60. The minimum absolute atomic E-state index is 0.0450. The molecule has 6 heteroatoms. The number of aryl methyl sites for hydroxylation is 1. The van der Waals surface area contributed by atoms with Crippen molar-refractivity contribution in [3.63, 3.8) is 0 Å². The molecule has 0 aromatic heterocycles. The summed E-state index contributed by atoms with van der Waals surface area (Å²) in [6.45, 7) is 3.25. The van der Waals surface area contributed by atoms with E-state index < -0.39 is 5.97 Å². The molecule has 0 spiro atoms. The van der Waals surface area contributed by atoms with E-state index in [4.69, 9.17) is 9.84 Å². The van der Waals surface area contributed by atoms with Crippen LogP contribution >= 0.6 is 0 Å². The van der Waals surface area contributed by atoms with E-state index in [0.717, 1.165) is 67.5 Å². The maximum atomic E-state index is 13.2. The number of nitrogens with one attached hydrogen (secondary N) is 1. The van der Waals surface area contributed by atoms with Crippen molar-refractivity contribution in [2.45, 2.75) is 70.3 Å². The number of aliphatic carboxylic acids is 1. The number of hydrogen-bond acceptors (Lipinski definition) is 3. The van der Waals surface area contributed by atoms with Gasteiger partial charge in [0.05, 0.1) is 12.2 Å². The number of hydrogen-bond donors (Lipinski definition) is 2. The molecule has 1 saturated carbocycles. The molecule has 1 unspecified atom stereocenters. The number of carbonyl (C=O) groups excluding carboxylic acids is 1. The molecule has 1 fully saturated rings. The van der Waals surface area contributed by atoms with Gasteiger partial charge in [-0.3, -0.25) is 9.69 Å². The predicted molar refractivity (Wildman–Crippen MR) is 159 cm³/mol. The molecule has 1 aliphatic carbocycles. The van der Waals surface area contributed by atoms with Crippen LogP contribution in [0.5, 0.6) is 5.75 Å². The molecular formula is C34H40N2O4. The summed E-state index contributed by atoms with van der Waals surface area (Å²) >= 11 is 0. The molecule has 1 atom stereocenters. The fourth-order valence-electron chi connectivity index (χ4n) is 6.06. The smallest absolute Gasteiger partial charge is 0.322 e. The average Bonchev–Trinajstić information content (AvgIpc) is 2.99. The Kier molecular flexibility index (Phi) is 9.04. The number of ether oxygens (including phenoxy) is 1. The Bertz CT molecular complexity index is 1280. The summed E-state index contributed by atoms with van der Waals surface area (Å²) in [5, 5.41) is 12.2. The Hall–Kier alpha value is -3.80. The van der Waals surface area contributed by atoms with Crippen LogP contribution in [0.15, 0.2) is 72.8 Å². The lowest BCUT2D eigenvalue weighted by molar-refractivity contribution is -0.138. The molecule has 3 aromatic rings. The first kappa shape index (κ1) is 27.8. The highest BCUT2D eigenvalue weighted by atomic mass is 16.5. The van der Waals surface area contributed by atoms with Gasteiger partial charge in [-0.1, -0.05) is 67.6 Å². The highest BCUT2D eigenvalue weighted by molar-refractivity contribution is 5.94. The van der Waals surface area contributed by atoms with Crippen LogP contribution in [0.25, 0.3) is 11.1 Å². The number of fused-ring (bicyclic) bond motifs is 1. The van der Waals surface area contributed by atoms with Gasteiger partial charge in [0.2, 0.25) is 0 Å². The van der Waals surface area contributed by atoms with Crippen molar-refractivity contribution < 1.29 is 19.4 Å². The number of carboxylic acids is 1. The third-order valence-electron chi connectivity index (χ3n) is 8.42. The van der Waals surface area contributed by atoms with Crippen molar-refractivity contribution in [3.05, 3.63) is 83.9 Å². The summed E-state index contributed by atoms with van der Waals surface area (Å²) in [7, 11) is 0. The number of benzene rings is 3. The van der Waals surface area contributed by atoms with Gasteiger partial charge >= 0.3 is 12.0 Å². The van der Waals surface area contributed by atoms with Gasteiger partial charge in [-0.15, -0.1) is 0 Å². The van der Waals surface area contributed by atoms with E-state index in [1.54, 1.807) is 0 Å². The van der Waals surface area contributed by atoms with Crippen molar-refractivity contribution >= 4 is 17.7 Å². The number of carbonyl (C=O) groups is 2. The lowest BCUT2D eigenvalue weighted by Gasteiger charge is -2.35. The monoisotopic (exact) mass is 540 g/mol. The Labute approximate surface area is 237 Å². The first-order chi connectivity index (χ1) is 19.5. The molecule has 0 saturated heterocycles. The van der Waals surface area contributed by atoms with Gasteiger partial charge in [-0.2, -0.15) is 0 Å². The van der Waals surface area contributed by atoms with Crippen molar-refractivity contribution in [2.24, 2.45) is 5.92 Å². The first-order valence-corrected chi connectivity index (χ1v) is 14.7. The average molecular weight is 541 g/mol. The van der Waals surface area contributed by atoms with Crippen molar-refractivity contribution in [1.29, 1.82) is 0 Å². The Morgan fingerprint density at radius 2 is 1.68 bits per heavy atom. The van der Waals surface area contributed by atoms with E-state index >= 15 is 0 Å². The number of amides is 2. The Morgan fingerprint density at radius 1 is 0.950 bits per heavy atom. The number of carboxylic acid groups (broad SMARTS) is 1. The van der Waals surface area contributed by atoms with E-state index in [0.29, 0.717) is 24.9 Å². The molecule has 2 N–H and O–H groups in total. The lowest BCUT2D eigenvalue weighted by atomic mass is 9.77. The van der Waals surface area contributed by atoms with Gasteiger partial charge in [-0.25, -0.2) is 4.79 Å². The SMILES string of the molecule is CCC1CN(C(=O)NCCCc2ccccc2)c2ccc(-c3ccc([C@H]4CC[C@H](CC(=O)O)CC4)cc3)cc2O1. The topological polar surface area (TPSA) is 78.9 Å². The normalized spacial score (nSPS) is 20.3. The predicted octanol–water partition coefficient (Wildman–Crippen LogP) is 7.42. The second kappa shape index (κ2) is 13.0. The molecule has 6 nitrogen and oxygen atoms in total. The molecule has 40 heavy (non-hydrogen) atoms. The Morgan fingerprint density at radius 3 is 2.38 bits per heavy atom. The van der Waals surface area contributed by atoms with E-state index in [-0.39, 0.29) is 18.6 Å². The summed E-state index contributed by atoms with van der Waals surface area (Å²) in [4.78, 5) is 26.0. The molecule has 2 amide bonds. The first-order valence-electron chi connectivity index (χ1n) is 14.7. The molecule has 3 aromatic carbocycles. The Balaban J connectivity index is 1.22. The summed E-state index contributed by atoms with van der Waals surface area (Å²) in [6, 6.07) is 25.1. The van der Waals surface area contributed by atoms with E-state index in [9.17, 15) is 9.59 Å². The van der Waals surface area contributed by atoms with Crippen LogP contribution in [0.4, 0.5) is 10.5 Å². The zero-order chi connectivity index (χ0) is 27.9. The molecule has 2 aliphatic rings. The van der Waals surface area contributed by atoms with Crippen molar-refractivity contribution in [3.8, 4) is 16.9 Å². The zero-order valence-electron chi connectivity index (χ0n) is 23.4.